The number of hydrogen-bond donors (Lipinski definition) is 1. The highest BCUT2D eigenvalue weighted by Gasteiger charge is 2.36. The molecule has 0 amide bonds. The summed E-state index contributed by atoms with van der Waals surface area (Å²) in [5.41, 5.74) is 3.78. The van der Waals surface area contributed by atoms with Crippen LogP contribution >= 0.6 is 0 Å². The van der Waals surface area contributed by atoms with Crippen LogP contribution in [0.4, 0.5) is 0 Å². The van der Waals surface area contributed by atoms with Crippen molar-refractivity contribution in [2.75, 3.05) is 0 Å². The molecule has 1 fully saturated rings. The van der Waals surface area contributed by atoms with Crippen molar-refractivity contribution < 1.29 is 9.84 Å². The molecule has 0 bridgehead atoms. The summed E-state index contributed by atoms with van der Waals surface area (Å²) in [6, 6.07) is 16.6. The molecular formula is C19H22O2. The lowest BCUT2D eigenvalue weighted by molar-refractivity contribution is 0.0117. The predicted octanol–water partition coefficient (Wildman–Crippen LogP) is 4.06. The van der Waals surface area contributed by atoms with Crippen molar-refractivity contribution >= 4 is 0 Å². The highest BCUT2D eigenvalue weighted by molar-refractivity contribution is 5.32. The number of aliphatic hydroxyl groups is 1. The molecule has 0 radical (unpaired) electrons. The first-order chi connectivity index (χ1) is 10.1. The largest absolute Gasteiger partial charge is 0.489 e. The molecule has 3 atom stereocenters. The first-order valence-corrected chi connectivity index (χ1v) is 7.60. The molecule has 2 heteroatoms. The Balaban J connectivity index is 1.61. The summed E-state index contributed by atoms with van der Waals surface area (Å²) in [5, 5.41) is 9.61. The maximum atomic E-state index is 9.61. The summed E-state index contributed by atoms with van der Waals surface area (Å²) in [6.07, 6.45) is 0.747. The first-order valence-electron chi connectivity index (χ1n) is 7.60. The number of aliphatic hydroxyl groups excluding tert-OH is 1. The zero-order valence-electron chi connectivity index (χ0n) is 12.6. The molecule has 0 heterocycles. The minimum atomic E-state index is -0.132. The normalized spacial score (nSPS) is 24.4. The van der Waals surface area contributed by atoms with E-state index in [1.165, 1.54) is 16.7 Å². The van der Waals surface area contributed by atoms with Gasteiger partial charge in [0.05, 0.1) is 6.10 Å². The van der Waals surface area contributed by atoms with E-state index < -0.39 is 0 Å². The van der Waals surface area contributed by atoms with Gasteiger partial charge in [-0.2, -0.15) is 0 Å². The maximum absolute atomic E-state index is 9.61. The lowest BCUT2D eigenvalue weighted by Gasteiger charge is -2.39. The van der Waals surface area contributed by atoms with Crippen LogP contribution in [0.2, 0.25) is 0 Å². The fraction of sp³-hybridized carbons (Fsp3) is 0.368. The van der Waals surface area contributed by atoms with Gasteiger partial charge in [-0.1, -0.05) is 43.3 Å². The molecule has 0 saturated heterocycles. The van der Waals surface area contributed by atoms with Gasteiger partial charge in [0, 0.05) is 0 Å². The van der Waals surface area contributed by atoms with Gasteiger partial charge in [-0.05, 0) is 54.0 Å². The van der Waals surface area contributed by atoms with Crippen molar-refractivity contribution in [3.8, 4) is 5.75 Å². The van der Waals surface area contributed by atoms with Gasteiger partial charge in [-0.15, -0.1) is 0 Å². The van der Waals surface area contributed by atoms with E-state index in [0.29, 0.717) is 18.4 Å². The number of benzene rings is 2. The molecule has 21 heavy (non-hydrogen) atoms. The lowest BCUT2D eigenvalue weighted by Crippen LogP contribution is -2.37. The molecular weight excluding hydrogens is 260 g/mol. The van der Waals surface area contributed by atoms with Crippen molar-refractivity contribution in [3.63, 3.8) is 0 Å². The average Bonchev–Trinajstić information content (AvgIpc) is 2.52. The molecule has 2 nitrogen and oxygen atoms in total. The second kappa shape index (κ2) is 5.90. The Morgan fingerprint density at radius 1 is 1.10 bits per heavy atom. The van der Waals surface area contributed by atoms with Crippen LogP contribution in [-0.2, 0) is 6.61 Å². The van der Waals surface area contributed by atoms with Crippen molar-refractivity contribution in [1.82, 2.24) is 0 Å². The molecule has 1 aliphatic carbocycles. The minimum absolute atomic E-state index is 0.132. The molecule has 1 saturated carbocycles. The SMILES string of the molecule is Cc1ccccc1COc1ccc(C2CC(O)C2C)cc1. The molecule has 2 aromatic carbocycles. The third kappa shape index (κ3) is 2.96. The monoisotopic (exact) mass is 282 g/mol. The Hall–Kier alpha value is -1.80. The molecule has 2 aromatic rings. The van der Waals surface area contributed by atoms with Crippen LogP contribution in [-0.4, -0.2) is 11.2 Å². The zero-order valence-corrected chi connectivity index (χ0v) is 12.6. The number of rotatable bonds is 4. The fourth-order valence-electron chi connectivity index (χ4n) is 2.95. The summed E-state index contributed by atoms with van der Waals surface area (Å²) in [7, 11) is 0. The quantitative estimate of drug-likeness (QED) is 0.916. The van der Waals surface area contributed by atoms with E-state index >= 15 is 0 Å². The lowest BCUT2D eigenvalue weighted by atomic mass is 9.69. The third-order valence-electron chi connectivity index (χ3n) is 4.70. The smallest absolute Gasteiger partial charge is 0.119 e. The van der Waals surface area contributed by atoms with E-state index in [1.807, 2.05) is 24.3 Å². The van der Waals surface area contributed by atoms with Gasteiger partial charge in [0.15, 0.2) is 0 Å². The number of ether oxygens (including phenoxy) is 1. The summed E-state index contributed by atoms with van der Waals surface area (Å²) < 4.78 is 5.86. The summed E-state index contributed by atoms with van der Waals surface area (Å²) >= 11 is 0. The van der Waals surface area contributed by atoms with Crippen LogP contribution in [0.3, 0.4) is 0 Å². The Labute approximate surface area is 126 Å². The highest BCUT2D eigenvalue weighted by atomic mass is 16.5. The van der Waals surface area contributed by atoms with Crippen LogP contribution in [0.5, 0.6) is 5.75 Å². The molecule has 3 unspecified atom stereocenters. The summed E-state index contributed by atoms with van der Waals surface area (Å²) in [4.78, 5) is 0. The first kappa shape index (κ1) is 14.2. The zero-order chi connectivity index (χ0) is 14.8. The predicted molar refractivity (Wildman–Crippen MR) is 84.5 cm³/mol. The van der Waals surface area contributed by atoms with Crippen LogP contribution in [0.15, 0.2) is 48.5 Å². The van der Waals surface area contributed by atoms with Gasteiger partial charge in [0.25, 0.3) is 0 Å². The van der Waals surface area contributed by atoms with Gasteiger partial charge in [0.2, 0.25) is 0 Å². The second-order valence-electron chi connectivity index (χ2n) is 6.05. The van der Waals surface area contributed by atoms with Crippen molar-refractivity contribution in [2.24, 2.45) is 5.92 Å². The molecule has 110 valence electrons. The maximum Gasteiger partial charge on any atom is 0.119 e. The van der Waals surface area contributed by atoms with Crippen molar-refractivity contribution in [3.05, 3.63) is 65.2 Å². The summed E-state index contributed by atoms with van der Waals surface area (Å²) in [6.45, 7) is 4.82. The highest BCUT2D eigenvalue weighted by Crippen LogP contribution is 2.42. The van der Waals surface area contributed by atoms with E-state index in [1.54, 1.807) is 0 Å². The minimum Gasteiger partial charge on any atom is -0.489 e. The van der Waals surface area contributed by atoms with Crippen LogP contribution in [0, 0.1) is 12.8 Å². The molecule has 0 spiro atoms. The van der Waals surface area contributed by atoms with E-state index in [0.717, 1.165) is 12.2 Å². The van der Waals surface area contributed by atoms with E-state index in [-0.39, 0.29) is 6.10 Å². The molecule has 3 rings (SSSR count). The third-order valence-corrected chi connectivity index (χ3v) is 4.70. The summed E-state index contributed by atoms with van der Waals surface area (Å²) in [5.74, 6) is 1.75. The van der Waals surface area contributed by atoms with Crippen molar-refractivity contribution in [1.29, 1.82) is 0 Å². The van der Waals surface area contributed by atoms with Gasteiger partial charge >= 0.3 is 0 Å². The Morgan fingerprint density at radius 3 is 2.43 bits per heavy atom. The topological polar surface area (TPSA) is 29.5 Å². The van der Waals surface area contributed by atoms with Crippen LogP contribution in [0.25, 0.3) is 0 Å². The van der Waals surface area contributed by atoms with E-state index in [2.05, 4.69) is 38.1 Å². The molecule has 0 aliphatic heterocycles. The van der Waals surface area contributed by atoms with E-state index in [4.69, 9.17) is 4.74 Å². The molecule has 0 aromatic heterocycles. The number of aryl methyl sites for hydroxylation is 1. The Kier molecular flexibility index (Phi) is 3.98. The second-order valence-corrected chi connectivity index (χ2v) is 6.05. The standard InChI is InChI=1S/C19H22O2/c1-13-5-3-4-6-16(13)12-21-17-9-7-15(8-10-17)18-11-19(20)14(18)2/h3-10,14,18-20H,11-12H2,1-2H3. The molecule has 1 N–H and O–H groups in total. The Morgan fingerprint density at radius 2 is 1.81 bits per heavy atom. The van der Waals surface area contributed by atoms with Gasteiger partial charge in [-0.3, -0.25) is 0 Å². The van der Waals surface area contributed by atoms with Gasteiger partial charge < -0.3 is 9.84 Å². The molecule has 1 aliphatic rings. The van der Waals surface area contributed by atoms with Crippen LogP contribution < -0.4 is 4.74 Å². The van der Waals surface area contributed by atoms with Crippen LogP contribution in [0.1, 0.15) is 36.0 Å². The van der Waals surface area contributed by atoms with Gasteiger partial charge in [-0.25, -0.2) is 0 Å². The fourth-order valence-corrected chi connectivity index (χ4v) is 2.95. The number of hydrogen-bond acceptors (Lipinski definition) is 2. The average molecular weight is 282 g/mol. The van der Waals surface area contributed by atoms with Gasteiger partial charge in [0.1, 0.15) is 12.4 Å². The Bertz CT molecular complexity index is 603. The van der Waals surface area contributed by atoms with E-state index in [9.17, 15) is 5.11 Å². The van der Waals surface area contributed by atoms with Crippen molar-refractivity contribution in [2.45, 2.75) is 38.9 Å².